The molecule has 3 aromatic rings. The summed E-state index contributed by atoms with van der Waals surface area (Å²) in [4.78, 5) is 12.3. The molecule has 0 fully saturated rings. The van der Waals surface area contributed by atoms with Crippen LogP contribution in [0.3, 0.4) is 0 Å². The largest absolute Gasteiger partial charge is 0.451 e. The normalized spacial score (nSPS) is 10.9. The van der Waals surface area contributed by atoms with Gasteiger partial charge in [-0.25, -0.2) is 4.39 Å². The predicted molar refractivity (Wildman–Crippen MR) is 78.8 cm³/mol. The Kier molecular flexibility index (Phi) is 3.36. The number of fused-ring (bicyclic) bond motifs is 1. The van der Waals surface area contributed by atoms with E-state index in [2.05, 4.69) is 15.9 Å². The molecule has 100 valence electrons. The van der Waals surface area contributed by atoms with E-state index >= 15 is 0 Å². The van der Waals surface area contributed by atoms with Gasteiger partial charge in [-0.2, -0.15) is 0 Å². The molecule has 0 N–H and O–H groups in total. The zero-order chi connectivity index (χ0) is 14.3. The highest BCUT2D eigenvalue weighted by Gasteiger charge is 2.17. The number of hydrogen-bond acceptors (Lipinski definition) is 2. The third-order valence-electron chi connectivity index (χ3n) is 2.84. The van der Waals surface area contributed by atoms with Crippen LogP contribution < -0.4 is 0 Å². The van der Waals surface area contributed by atoms with Gasteiger partial charge in [0.25, 0.3) is 0 Å². The minimum absolute atomic E-state index is 0.130. The molecule has 0 radical (unpaired) electrons. The molecule has 0 spiro atoms. The molecule has 0 atom stereocenters. The summed E-state index contributed by atoms with van der Waals surface area (Å²) in [5, 5.41) is 1.17. The lowest BCUT2D eigenvalue weighted by molar-refractivity contribution is 0.101. The van der Waals surface area contributed by atoms with Crippen LogP contribution >= 0.6 is 27.5 Å². The number of benzene rings is 2. The van der Waals surface area contributed by atoms with E-state index in [-0.39, 0.29) is 11.3 Å². The average Bonchev–Trinajstić information content (AvgIpc) is 2.82. The fourth-order valence-electron chi connectivity index (χ4n) is 1.97. The number of furan rings is 1. The van der Waals surface area contributed by atoms with E-state index in [1.54, 1.807) is 30.3 Å². The summed E-state index contributed by atoms with van der Waals surface area (Å²) in [5.41, 5.74) is 0.667. The third kappa shape index (κ3) is 2.37. The molecule has 0 unspecified atom stereocenters. The number of para-hydroxylation sites is 1. The maximum Gasteiger partial charge on any atom is 0.228 e. The second kappa shape index (κ2) is 5.04. The van der Waals surface area contributed by atoms with E-state index in [9.17, 15) is 9.18 Å². The summed E-state index contributed by atoms with van der Waals surface area (Å²) in [6.07, 6.45) is 0. The second-order valence-corrected chi connectivity index (χ2v) is 5.58. The lowest BCUT2D eigenvalue weighted by Crippen LogP contribution is -2.00. The molecule has 0 bridgehead atoms. The number of ketones is 1. The topological polar surface area (TPSA) is 30.2 Å². The minimum Gasteiger partial charge on any atom is -0.451 e. The van der Waals surface area contributed by atoms with Crippen LogP contribution in [-0.2, 0) is 0 Å². The van der Waals surface area contributed by atoms with Crippen LogP contribution in [0.2, 0.25) is 5.02 Å². The van der Waals surface area contributed by atoms with Crippen molar-refractivity contribution in [2.24, 2.45) is 0 Å². The van der Waals surface area contributed by atoms with Gasteiger partial charge in [0.1, 0.15) is 5.82 Å². The Hall–Kier alpha value is -1.65. The summed E-state index contributed by atoms with van der Waals surface area (Å²) < 4.78 is 19.3. The van der Waals surface area contributed by atoms with Crippen LogP contribution in [0.15, 0.2) is 51.4 Å². The van der Waals surface area contributed by atoms with Crippen LogP contribution in [0, 0.1) is 5.82 Å². The van der Waals surface area contributed by atoms with Gasteiger partial charge in [-0.05, 0) is 30.3 Å². The Morgan fingerprint density at radius 2 is 2.00 bits per heavy atom. The third-order valence-corrected chi connectivity index (χ3v) is 3.60. The number of hydrogen-bond donors (Lipinski definition) is 0. The second-order valence-electron chi connectivity index (χ2n) is 4.26. The van der Waals surface area contributed by atoms with Crippen molar-refractivity contribution in [1.29, 1.82) is 0 Å². The molecular weight excluding hydrogens is 347 g/mol. The Morgan fingerprint density at radius 1 is 1.20 bits per heavy atom. The van der Waals surface area contributed by atoms with Crippen molar-refractivity contribution in [3.05, 3.63) is 69.1 Å². The zero-order valence-corrected chi connectivity index (χ0v) is 12.3. The fraction of sp³-hybridized carbons (Fsp3) is 0. The van der Waals surface area contributed by atoms with Crippen molar-refractivity contribution >= 4 is 44.3 Å². The minimum atomic E-state index is -0.489. The quantitative estimate of drug-likeness (QED) is 0.591. The van der Waals surface area contributed by atoms with E-state index in [0.717, 1.165) is 5.39 Å². The molecule has 1 heterocycles. The van der Waals surface area contributed by atoms with Crippen LogP contribution in [-0.4, -0.2) is 5.78 Å². The lowest BCUT2D eigenvalue weighted by Gasteiger charge is -1.99. The molecule has 0 aliphatic heterocycles. The Morgan fingerprint density at radius 3 is 2.70 bits per heavy atom. The molecule has 2 aromatic carbocycles. The smallest absolute Gasteiger partial charge is 0.228 e. The van der Waals surface area contributed by atoms with Crippen molar-refractivity contribution in [1.82, 2.24) is 0 Å². The van der Waals surface area contributed by atoms with E-state index in [1.165, 1.54) is 12.1 Å². The van der Waals surface area contributed by atoms with E-state index in [1.807, 2.05) is 0 Å². The average molecular weight is 354 g/mol. The van der Waals surface area contributed by atoms with Crippen LogP contribution in [0.1, 0.15) is 16.1 Å². The maximum atomic E-state index is 13.3. The van der Waals surface area contributed by atoms with Gasteiger partial charge in [0.2, 0.25) is 5.78 Å². The van der Waals surface area contributed by atoms with Gasteiger partial charge >= 0.3 is 0 Å². The summed E-state index contributed by atoms with van der Waals surface area (Å²) in [6.45, 7) is 0. The molecule has 0 saturated heterocycles. The molecule has 0 aliphatic rings. The first-order valence-corrected chi connectivity index (χ1v) is 6.90. The first kappa shape index (κ1) is 13.3. The van der Waals surface area contributed by atoms with Crippen molar-refractivity contribution in [3.8, 4) is 0 Å². The lowest BCUT2D eigenvalue weighted by atomic mass is 10.1. The molecule has 20 heavy (non-hydrogen) atoms. The molecule has 3 rings (SSSR count). The van der Waals surface area contributed by atoms with Gasteiger partial charge in [0.05, 0.1) is 5.02 Å². The van der Waals surface area contributed by atoms with Gasteiger partial charge in [-0.15, -0.1) is 0 Å². The highest BCUT2D eigenvalue weighted by molar-refractivity contribution is 9.10. The Balaban J connectivity index is 2.10. The van der Waals surface area contributed by atoms with Crippen LogP contribution in [0.4, 0.5) is 4.39 Å². The monoisotopic (exact) mass is 352 g/mol. The molecule has 1 aromatic heterocycles. The van der Waals surface area contributed by atoms with Crippen molar-refractivity contribution in [2.75, 3.05) is 0 Å². The molecule has 0 saturated carbocycles. The molecular formula is C15H7BrClFO2. The molecule has 0 aliphatic carbocycles. The number of halogens is 3. The maximum absolute atomic E-state index is 13.3. The van der Waals surface area contributed by atoms with Gasteiger partial charge in [-0.1, -0.05) is 39.7 Å². The van der Waals surface area contributed by atoms with Gasteiger partial charge in [-0.3, -0.25) is 4.79 Å². The highest BCUT2D eigenvalue weighted by Crippen LogP contribution is 2.28. The van der Waals surface area contributed by atoms with Crippen molar-refractivity contribution in [3.63, 3.8) is 0 Å². The van der Waals surface area contributed by atoms with Crippen LogP contribution in [0.25, 0.3) is 11.0 Å². The number of rotatable bonds is 2. The summed E-state index contributed by atoms with van der Waals surface area (Å²) in [6, 6.07) is 10.8. The molecule has 0 amide bonds. The Labute approximate surface area is 127 Å². The molecule has 5 heteroatoms. The Bertz CT molecular complexity index is 806. The standard InChI is InChI=1S/C15H7BrClFO2/c16-10-4-9(5-11(18)7-10)14(19)13-6-8-2-1-3-12(17)15(8)20-13/h1-7H. The predicted octanol–water partition coefficient (Wildman–Crippen LogP) is 5.22. The molecule has 2 nitrogen and oxygen atoms in total. The van der Waals surface area contributed by atoms with Crippen molar-refractivity contribution in [2.45, 2.75) is 0 Å². The fourth-order valence-corrected chi connectivity index (χ4v) is 2.65. The summed E-state index contributed by atoms with van der Waals surface area (Å²) >= 11 is 9.16. The SMILES string of the molecule is O=C(c1cc(F)cc(Br)c1)c1cc2cccc(Cl)c2o1. The number of carbonyl (C=O) groups is 1. The van der Waals surface area contributed by atoms with Gasteiger partial charge in [0.15, 0.2) is 11.3 Å². The van der Waals surface area contributed by atoms with Crippen LogP contribution in [0.5, 0.6) is 0 Å². The van der Waals surface area contributed by atoms with Gasteiger partial charge in [0, 0.05) is 15.4 Å². The summed E-state index contributed by atoms with van der Waals surface area (Å²) in [5.74, 6) is -0.750. The first-order chi connectivity index (χ1) is 9.54. The van der Waals surface area contributed by atoms with E-state index < -0.39 is 11.6 Å². The van der Waals surface area contributed by atoms with E-state index in [4.69, 9.17) is 16.0 Å². The zero-order valence-electron chi connectivity index (χ0n) is 9.99. The summed E-state index contributed by atoms with van der Waals surface area (Å²) in [7, 11) is 0. The van der Waals surface area contributed by atoms with Crippen molar-refractivity contribution < 1.29 is 13.6 Å². The van der Waals surface area contributed by atoms with E-state index in [0.29, 0.717) is 15.1 Å². The first-order valence-electron chi connectivity index (χ1n) is 5.73. The highest BCUT2D eigenvalue weighted by atomic mass is 79.9. The van der Waals surface area contributed by atoms with Gasteiger partial charge < -0.3 is 4.42 Å². The number of carbonyl (C=O) groups excluding carboxylic acids is 1.